The molecule has 1 atom stereocenters. The molecular weight excluding hydrogens is 236 g/mol. The Morgan fingerprint density at radius 1 is 1.32 bits per heavy atom. The lowest BCUT2D eigenvalue weighted by Crippen LogP contribution is -2.48. The van der Waals surface area contributed by atoms with E-state index in [1.165, 1.54) is 19.4 Å². The van der Waals surface area contributed by atoms with E-state index in [0.717, 1.165) is 25.4 Å². The molecule has 0 radical (unpaired) electrons. The Labute approximate surface area is 116 Å². The van der Waals surface area contributed by atoms with Crippen LogP contribution in [0.25, 0.3) is 0 Å². The van der Waals surface area contributed by atoms with Crippen LogP contribution in [0.4, 0.5) is 0 Å². The SMILES string of the molecule is CC(C)NC1CCCN(CCOc2ccccc2)C1. The molecule has 3 nitrogen and oxygen atoms in total. The summed E-state index contributed by atoms with van der Waals surface area (Å²) in [5.41, 5.74) is 0. The van der Waals surface area contributed by atoms with Crippen LogP contribution in [0.15, 0.2) is 30.3 Å². The standard InChI is InChI=1S/C16H26N2O/c1-14(2)17-15-7-6-10-18(13-15)11-12-19-16-8-4-3-5-9-16/h3-5,8-9,14-15,17H,6-7,10-13H2,1-2H3. The van der Waals surface area contributed by atoms with E-state index in [-0.39, 0.29) is 0 Å². The van der Waals surface area contributed by atoms with Gasteiger partial charge in [-0.1, -0.05) is 32.0 Å². The summed E-state index contributed by atoms with van der Waals surface area (Å²) >= 11 is 0. The minimum Gasteiger partial charge on any atom is -0.492 e. The largest absolute Gasteiger partial charge is 0.492 e. The molecule has 1 aromatic rings. The second kappa shape index (κ2) is 7.51. The fraction of sp³-hybridized carbons (Fsp3) is 0.625. The topological polar surface area (TPSA) is 24.5 Å². The molecule has 3 heteroatoms. The molecule has 1 aliphatic heterocycles. The summed E-state index contributed by atoms with van der Waals surface area (Å²) < 4.78 is 5.76. The second-order valence-corrected chi connectivity index (χ2v) is 5.62. The van der Waals surface area contributed by atoms with Gasteiger partial charge in [-0.15, -0.1) is 0 Å². The molecule has 1 heterocycles. The van der Waals surface area contributed by atoms with Crippen molar-refractivity contribution >= 4 is 0 Å². The van der Waals surface area contributed by atoms with Crippen LogP contribution < -0.4 is 10.1 Å². The number of likely N-dealkylation sites (tertiary alicyclic amines) is 1. The first kappa shape index (κ1) is 14.4. The molecule has 1 fully saturated rings. The number of nitrogens with zero attached hydrogens (tertiary/aromatic N) is 1. The van der Waals surface area contributed by atoms with E-state index in [1.807, 2.05) is 30.3 Å². The molecule has 0 bridgehead atoms. The van der Waals surface area contributed by atoms with Gasteiger partial charge in [0.2, 0.25) is 0 Å². The lowest BCUT2D eigenvalue weighted by atomic mass is 10.1. The monoisotopic (exact) mass is 262 g/mol. The van der Waals surface area contributed by atoms with Gasteiger partial charge in [0.25, 0.3) is 0 Å². The van der Waals surface area contributed by atoms with Crippen molar-refractivity contribution in [1.82, 2.24) is 10.2 Å². The molecule has 1 aliphatic rings. The lowest BCUT2D eigenvalue weighted by Gasteiger charge is -2.34. The quantitative estimate of drug-likeness (QED) is 0.852. The minimum absolute atomic E-state index is 0.575. The second-order valence-electron chi connectivity index (χ2n) is 5.62. The van der Waals surface area contributed by atoms with Crippen LogP contribution in [-0.2, 0) is 0 Å². The minimum atomic E-state index is 0.575. The Hall–Kier alpha value is -1.06. The van der Waals surface area contributed by atoms with Gasteiger partial charge >= 0.3 is 0 Å². The van der Waals surface area contributed by atoms with Gasteiger partial charge in [0.05, 0.1) is 0 Å². The zero-order valence-corrected chi connectivity index (χ0v) is 12.1. The van der Waals surface area contributed by atoms with Gasteiger partial charge in [-0.05, 0) is 31.5 Å². The van der Waals surface area contributed by atoms with E-state index in [2.05, 4.69) is 24.1 Å². The van der Waals surface area contributed by atoms with E-state index >= 15 is 0 Å². The molecule has 19 heavy (non-hydrogen) atoms. The smallest absolute Gasteiger partial charge is 0.119 e. The number of nitrogens with one attached hydrogen (secondary N) is 1. The Morgan fingerprint density at radius 3 is 2.84 bits per heavy atom. The highest BCUT2D eigenvalue weighted by molar-refractivity contribution is 5.20. The van der Waals surface area contributed by atoms with Crippen LogP contribution in [0, 0.1) is 0 Å². The van der Waals surface area contributed by atoms with Crippen molar-refractivity contribution in [3.63, 3.8) is 0 Å². The van der Waals surface area contributed by atoms with Crippen molar-refractivity contribution in [1.29, 1.82) is 0 Å². The summed E-state index contributed by atoms with van der Waals surface area (Å²) in [5.74, 6) is 0.969. The van der Waals surface area contributed by atoms with E-state index in [1.54, 1.807) is 0 Å². The normalized spacial score (nSPS) is 20.7. The summed E-state index contributed by atoms with van der Waals surface area (Å²) in [6, 6.07) is 11.3. The molecule has 0 aliphatic carbocycles. The number of hydrogen-bond acceptors (Lipinski definition) is 3. The van der Waals surface area contributed by atoms with Crippen molar-refractivity contribution in [2.75, 3.05) is 26.2 Å². The molecule has 0 aromatic heterocycles. The van der Waals surface area contributed by atoms with Crippen LogP contribution >= 0.6 is 0 Å². The molecule has 1 saturated heterocycles. The van der Waals surface area contributed by atoms with Gasteiger partial charge in [0.1, 0.15) is 12.4 Å². The molecule has 106 valence electrons. The predicted octanol–water partition coefficient (Wildman–Crippen LogP) is 2.53. The molecule has 0 spiro atoms. The molecule has 0 saturated carbocycles. The highest BCUT2D eigenvalue weighted by Gasteiger charge is 2.19. The third kappa shape index (κ3) is 5.21. The Bertz CT molecular complexity index is 353. The molecule has 2 rings (SSSR count). The van der Waals surface area contributed by atoms with Crippen LogP contribution in [0.3, 0.4) is 0 Å². The number of ether oxygens (including phenoxy) is 1. The average Bonchev–Trinajstić information content (AvgIpc) is 2.40. The highest BCUT2D eigenvalue weighted by atomic mass is 16.5. The van der Waals surface area contributed by atoms with Gasteiger partial charge in [-0.2, -0.15) is 0 Å². The van der Waals surface area contributed by atoms with Crippen LogP contribution in [-0.4, -0.2) is 43.2 Å². The molecule has 1 N–H and O–H groups in total. The maximum atomic E-state index is 5.76. The zero-order valence-electron chi connectivity index (χ0n) is 12.1. The summed E-state index contributed by atoms with van der Waals surface area (Å²) in [7, 11) is 0. The summed E-state index contributed by atoms with van der Waals surface area (Å²) in [6.07, 6.45) is 2.59. The number of benzene rings is 1. The highest BCUT2D eigenvalue weighted by Crippen LogP contribution is 2.12. The van der Waals surface area contributed by atoms with Crippen LogP contribution in [0.1, 0.15) is 26.7 Å². The summed E-state index contributed by atoms with van der Waals surface area (Å²) in [6.45, 7) is 8.59. The number of hydrogen-bond donors (Lipinski definition) is 1. The average molecular weight is 262 g/mol. The van der Waals surface area contributed by atoms with Gasteiger partial charge in [-0.3, -0.25) is 4.90 Å². The maximum absolute atomic E-state index is 5.76. The van der Waals surface area contributed by atoms with Crippen molar-refractivity contribution in [3.05, 3.63) is 30.3 Å². The van der Waals surface area contributed by atoms with Crippen LogP contribution in [0.2, 0.25) is 0 Å². The van der Waals surface area contributed by atoms with E-state index in [4.69, 9.17) is 4.74 Å². The third-order valence-electron chi connectivity index (χ3n) is 3.49. The molecule has 1 unspecified atom stereocenters. The van der Waals surface area contributed by atoms with Gasteiger partial charge in [-0.25, -0.2) is 0 Å². The van der Waals surface area contributed by atoms with Crippen LogP contribution in [0.5, 0.6) is 5.75 Å². The summed E-state index contributed by atoms with van der Waals surface area (Å²) in [5, 5.41) is 3.64. The van der Waals surface area contributed by atoms with E-state index in [0.29, 0.717) is 12.1 Å². The number of piperidine rings is 1. The Balaban J connectivity index is 1.68. The summed E-state index contributed by atoms with van der Waals surface area (Å²) in [4.78, 5) is 2.51. The van der Waals surface area contributed by atoms with Gasteiger partial charge < -0.3 is 10.1 Å². The molecular formula is C16H26N2O. The fourth-order valence-electron chi connectivity index (χ4n) is 2.68. The van der Waals surface area contributed by atoms with Crippen molar-refractivity contribution in [2.24, 2.45) is 0 Å². The lowest BCUT2D eigenvalue weighted by molar-refractivity contribution is 0.156. The third-order valence-corrected chi connectivity index (χ3v) is 3.49. The number of para-hydroxylation sites is 1. The zero-order chi connectivity index (χ0) is 13.5. The van der Waals surface area contributed by atoms with Crippen molar-refractivity contribution in [2.45, 2.75) is 38.8 Å². The van der Waals surface area contributed by atoms with E-state index in [9.17, 15) is 0 Å². The predicted molar refractivity (Wildman–Crippen MR) is 79.7 cm³/mol. The Morgan fingerprint density at radius 2 is 2.11 bits per heavy atom. The maximum Gasteiger partial charge on any atom is 0.119 e. The van der Waals surface area contributed by atoms with E-state index < -0.39 is 0 Å². The van der Waals surface area contributed by atoms with Crippen molar-refractivity contribution < 1.29 is 4.74 Å². The molecule has 1 aromatic carbocycles. The Kier molecular flexibility index (Phi) is 5.67. The number of rotatable bonds is 6. The van der Waals surface area contributed by atoms with Gasteiger partial charge in [0, 0.05) is 25.2 Å². The first-order valence-corrected chi connectivity index (χ1v) is 7.40. The van der Waals surface area contributed by atoms with Gasteiger partial charge in [0.15, 0.2) is 0 Å². The first-order chi connectivity index (χ1) is 9.24. The van der Waals surface area contributed by atoms with Crippen molar-refractivity contribution in [3.8, 4) is 5.75 Å². The first-order valence-electron chi connectivity index (χ1n) is 7.40. The molecule has 0 amide bonds. The fourth-order valence-corrected chi connectivity index (χ4v) is 2.68.